The molecule has 4 amide bonds. The highest BCUT2D eigenvalue weighted by Crippen LogP contribution is 2.08. The number of anilines is 1. The average molecular weight is 314 g/mol. The van der Waals surface area contributed by atoms with Gasteiger partial charge in [-0.2, -0.15) is 0 Å². The van der Waals surface area contributed by atoms with Gasteiger partial charge in [-0.15, -0.1) is 12.4 Å². The van der Waals surface area contributed by atoms with Gasteiger partial charge in [0, 0.05) is 38.4 Å². The van der Waals surface area contributed by atoms with Gasteiger partial charge in [0.1, 0.15) is 0 Å². The molecule has 1 aliphatic heterocycles. The first-order valence-corrected chi connectivity index (χ1v) is 6.55. The second-order valence-electron chi connectivity index (χ2n) is 4.50. The summed E-state index contributed by atoms with van der Waals surface area (Å²) in [6, 6.07) is 6.97. The smallest absolute Gasteiger partial charge is 0.319 e. The first-order chi connectivity index (χ1) is 9.69. The van der Waals surface area contributed by atoms with Gasteiger partial charge < -0.3 is 26.6 Å². The van der Waals surface area contributed by atoms with Crippen molar-refractivity contribution in [3.05, 3.63) is 29.8 Å². The Morgan fingerprint density at radius 1 is 1.33 bits per heavy atom. The zero-order chi connectivity index (χ0) is 14.4. The Hall–Kier alpha value is -1.99. The first kappa shape index (κ1) is 17.1. The van der Waals surface area contributed by atoms with Crippen molar-refractivity contribution in [2.24, 2.45) is 5.73 Å². The average Bonchev–Trinajstić information content (AvgIpc) is 2.85. The number of amides is 4. The number of halogens is 1. The maximum absolute atomic E-state index is 11.7. The highest BCUT2D eigenvalue weighted by Gasteiger charge is 2.18. The van der Waals surface area contributed by atoms with E-state index in [1.54, 1.807) is 17.0 Å². The van der Waals surface area contributed by atoms with E-state index in [2.05, 4.69) is 16.0 Å². The molecule has 1 aromatic carbocycles. The normalized spacial score (nSPS) is 13.4. The van der Waals surface area contributed by atoms with Crippen LogP contribution in [-0.4, -0.2) is 43.1 Å². The minimum Gasteiger partial charge on any atom is -0.336 e. The van der Waals surface area contributed by atoms with Crippen molar-refractivity contribution in [3.63, 3.8) is 0 Å². The molecule has 0 bridgehead atoms. The van der Waals surface area contributed by atoms with Crippen molar-refractivity contribution < 1.29 is 9.59 Å². The van der Waals surface area contributed by atoms with Gasteiger partial charge in [-0.3, -0.25) is 0 Å². The Kier molecular flexibility index (Phi) is 6.77. The standard InChI is InChI=1S/C13H19N5O2.ClH/c14-9-10-1-3-11(4-2-10)17-12(19)15-5-7-18-8-6-16-13(18)20;/h1-4H,5-9,14H2,(H,16,20)(H2,15,17,19);1H. The molecule has 1 aromatic rings. The lowest BCUT2D eigenvalue weighted by atomic mass is 10.2. The number of nitrogens with two attached hydrogens (primary N) is 1. The van der Waals surface area contributed by atoms with E-state index in [0.29, 0.717) is 38.4 Å². The van der Waals surface area contributed by atoms with Crippen LogP contribution in [0.4, 0.5) is 15.3 Å². The maximum Gasteiger partial charge on any atom is 0.319 e. The van der Waals surface area contributed by atoms with Gasteiger partial charge in [0.05, 0.1) is 0 Å². The zero-order valence-electron chi connectivity index (χ0n) is 11.6. The van der Waals surface area contributed by atoms with Gasteiger partial charge in [-0.05, 0) is 17.7 Å². The monoisotopic (exact) mass is 313 g/mol. The Bertz CT molecular complexity index is 480. The van der Waals surface area contributed by atoms with Crippen molar-refractivity contribution in [2.75, 3.05) is 31.5 Å². The van der Waals surface area contributed by atoms with Crippen LogP contribution in [0.3, 0.4) is 0 Å². The molecule has 0 unspecified atom stereocenters. The second-order valence-corrected chi connectivity index (χ2v) is 4.50. The second kappa shape index (κ2) is 8.33. The van der Waals surface area contributed by atoms with Gasteiger partial charge in [-0.1, -0.05) is 12.1 Å². The third kappa shape index (κ3) is 5.13. The van der Waals surface area contributed by atoms with Crippen LogP contribution in [0.5, 0.6) is 0 Å². The predicted molar refractivity (Wildman–Crippen MR) is 83.6 cm³/mol. The van der Waals surface area contributed by atoms with Crippen molar-refractivity contribution >= 4 is 30.2 Å². The summed E-state index contributed by atoms with van der Waals surface area (Å²) in [5.74, 6) is 0. The van der Waals surface area contributed by atoms with Gasteiger partial charge in [0.15, 0.2) is 0 Å². The van der Waals surface area contributed by atoms with E-state index in [4.69, 9.17) is 5.73 Å². The van der Waals surface area contributed by atoms with Crippen LogP contribution >= 0.6 is 12.4 Å². The number of carbonyl (C=O) groups excluding carboxylic acids is 2. The van der Waals surface area contributed by atoms with Gasteiger partial charge in [-0.25, -0.2) is 9.59 Å². The molecular weight excluding hydrogens is 294 g/mol. The number of benzene rings is 1. The third-order valence-corrected chi connectivity index (χ3v) is 3.06. The lowest BCUT2D eigenvalue weighted by molar-refractivity contribution is 0.216. The minimum atomic E-state index is -0.287. The van der Waals surface area contributed by atoms with E-state index < -0.39 is 0 Å². The molecular formula is C13H20ClN5O2. The topological polar surface area (TPSA) is 99.5 Å². The van der Waals surface area contributed by atoms with Gasteiger partial charge >= 0.3 is 12.1 Å². The highest BCUT2D eigenvalue weighted by molar-refractivity contribution is 5.89. The molecule has 0 aromatic heterocycles. The molecule has 0 spiro atoms. The van der Waals surface area contributed by atoms with E-state index in [1.807, 2.05) is 12.1 Å². The van der Waals surface area contributed by atoms with E-state index >= 15 is 0 Å². The molecule has 0 aliphatic carbocycles. The maximum atomic E-state index is 11.7. The van der Waals surface area contributed by atoms with E-state index in [1.165, 1.54) is 0 Å². The summed E-state index contributed by atoms with van der Waals surface area (Å²) in [7, 11) is 0. The lowest BCUT2D eigenvalue weighted by Crippen LogP contribution is -2.38. The van der Waals surface area contributed by atoms with Crippen LogP contribution in [-0.2, 0) is 6.54 Å². The van der Waals surface area contributed by atoms with Crippen molar-refractivity contribution in [2.45, 2.75) is 6.54 Å². The molecule has 21 heavy (non-hydrogen) atoms. The van der Waals surface area contributed by atoms with Crippen LogP contribution < -0.4 is 21.7 Å². The van der Waals surface area contributed by atoms with E-state index in [0.717, 1.165) is 5.56 Å². The SMILES string of the molecule is Cl.NCc1ccc(NC(=O)NCCN2CCNC2=O)cc1. The summed E-state index contributed by atoms with van der Waals surface area (Å²) in [6.45, 7) is 2.75. The van der Waals surface area contributed by atoms with Crippen LogP contribution in [0.25, 0.3) is 0 Å². The number of urea groups is 2. The Morgan fingerprint density at radius 3 is 2.62 bits per heavy atom. The first-order valence-electron chi connectivity index (χ1n) is 6.55. The molecule has 2 rings (SSSR count). The fraction of sp³-hybridized carbons (Fsp3) is 0.385. The molecule has 7 nitrogen and oxygen atoms in total. The molecule has 5 N–H and O–H groups in total. The fourth-order valence-corrected chi connectivity index (χ4v) is 1.93. The van der Waals surface area contributed by atoms with Crippen molar-refractivity contribution in [3.8, 4) is 0 Å². The fourth-order valence-electron chi connectivity index (χ4n) is 1.93. The highest BCUT2D eigenvalue weighted by atomic mass is 35.5. The number of hydrogen-bond donors (Lipinski definition) is 4. The molecule has 8 heteroatoms. The number of nitrogens with zero attached hydrogens (tertiary/aromatic N) is 1. The Morgan fingerprint density at radius 2 is 2.05 bits per heavy atom. The van der Waals surface area contributed by atoms with E-state index in [9.17, 15) is 9.59 Å². The zero-order valence-corrected chi connectivity index (χ0v) is 12.4. The van der Waals surface area contributed by atoms with Crippen LogP contribution in [0.1, 0.15) is 5.56 Å². The molecule has 1 heterocycles. The van der Waals surface area contributed by atoms with Crippen LogP contribution in [0, 0.1) is 0 Å². The van der Waals surface area contributed by atoms with E-state index in [-0.39, 0.29) is 24.5 Å². The molecule has 1 fully saturated rings. The molecule has 0 saturated carbocycles. The minimum absolute atomic E-state index is 0. The summed E-state index contributed by atoms with van der Waals surface area (Å²) in [4.78, 5) is 24.6. The molecule has 0 radical (unpaired) electrons. The number of carbonyl (C=O) groups is 2. The quantitative estimate of drug-likeness (QED) is 0.644. The van der Waals surface area contributed by atoms with Crippen molar-refractivity contribution in [1.82, 2.24) is 15.5 Å². The van der Waals surface area contributed by atoms with Gasteiger partial charge in [0.2, 0.25) is 0 Å². The Labute approximate surface area is 129 Å². The predicted octanol–water partition coefficient (Wildman–Crippen LogP) is 0.714. The molecule has 1 saturated heterocycles. The molecule has 116 valence electrons. The molecule has 1 aliphatic rings. The van der Waals surface area contributed by atoms with Crippen LogP contribution in [0.2, 0.25) is 0 Å². The Balaban J connectivity index is 0.00000220. The summed E-state index contributed by atoms with van der Waals surface area (Å²) in [6.07, 6.45) is 0. The largest absolute Gasteiger partial charge is 0.336 e. The number of nitrogens with one attached hydrogen (secondary N) is 3. The van der Waals surface area contributed by atoms with Crippen molar-refractivity contribution in [1.29, 1.82) is 0 Å². The summed E-state index contributed by atoms with van der Waals surface area (Å²) < 4.78 is 0. The lowest BCUT2D eigenvalue weighted by Gasteiger charge is -2.14. The molecule has 0 atom stereocenters. The summed E-state index contributed by atoms with van der Waals surface area (Å²) in [5, 5.41) is 8.14. The third-order valence-electron chi connectivity index (χ3n) is 3.06. The number of rotatable bonds is 5. The summed E-state index contributed by atoms with van der Waals surface area (Å²) in [5.41, 5.74) is 7.22. The number of hydrogen-bond acceptors (Lipinski definition) is 3. The van der Waals surface area contributed by atoms with Crippen LogP contribution in [0.15, 0.2) is 24.3 Å². The summed E-state index contributed by atoms with van der Waals surface area (Å²) >= 11 is 0. The van der Waals surface area contributed by atoms with Gasteiger partial charge in [0.25, 0.3) is 0 Å².